The van der Waals surface area contributed by atoms with E-state index in [1.807, 2.05) is 145 Å². The Morgan fingerprint density at radius 2 is 0.575 bits per heavy atom. The molecule has 6 aromatic rings. The zero-order valence-electron chi connectivity index (χ0n) is 57.3. The second-order valence-electron chi connectivity index (χ2n) is 22.1. The summed E-state index contributed by atoms with van der Waals surface area (Å²) in [6.45, 7) is 32.2. The van der Waals surface area contributed by atoms with Crippen molar-refractivity contribution in [3.63, 3.8) is 0 Å². The molecule has 0 amide bonds. The fourth-order valence-electron chi connectivity index (χ4n) is 6.46. The Labute approximate surface area is 524 Å². The monoisotopic (exact) mass is 1220 g/mol. The molecule has 1 aliphatic rings. The minimum Gasteiger partial charge on any atom is -0.411 e. The van der Waals surface area contributed by atoms with Crippen LogP contribution in [0.15, 0.2) is 170 Å². The second-order valence-corrected chi connectivity index (χ2v) is 34.3. The first-order valence-corrected chi connectivity index (χ1v) is 37.5. The van der Waals surface area contributed by atoms with E-state index in [0.29, 0.717) is 14.2 Å². The van der Waals surface area contributed by atoms with Crippen LogP contribution in [0, 0.1) is 0 Å². The Balaban J connectivity index is 0. The number of ether oxygens (including phenoxy) is 2. The average molecular weight is 1220 g/mol. The molecule has 1 aliphatic heterocycles. The molecule has 448 valence electrons. The topological polar surface area (TPSA) is 27.7 Å². The maximum Gasteiger partial charge on any atom is 0.253 e. The van der Waals surface area contributed by atoms with Crippen molar-refractivity contribution in [1.82, 2.24) is 0 Å². The first kappa shape index (κ1) is 73.6. The van der Waals surface area contributed by atoms with Gasteiger partial charge in [-0.25, -0.2) is 0 Å². The number of fused-ring (bicyclic) bond motifs is 3. The molecule has 0 fully saturated rings. The van der Waals surface area contributed by atoms with E-state index in [1.54, 1.807) is 28.1 Å². The SMILES string of the molecule is CCSC.CCSC.COC(C)(c1ccccc1)c1ccccc1.COC(C)(c1ccccc1)c1ccccc1.CO[Si]1(C)c2ccccc2-c2ccccc21.CSC(C)(C)C.CSC(C)(C)C.CSC(C)(C)C.[2H]C([2H])([2H])C(C)(C)SC. The fourth-order valence-corrected chi connectivity index (χ4v) is 9.48. The van der Waals surface area contributed by atoms with Crippen molar-refractivity contribution >= 4 is 89.3 Å². The molecule has 7 rings (SSSR count). The van der Waals surface area contributed by atoms with E-state index < -0.39 is 19.9 Å². The third-order valence-electron chi connectivity index (χ3n) is 12.6. The number of benzene rings is 6. The lowest BCUT2D eigenvalue weighted by molar-refractivity contribution is 0.0389. The van der Waals surface area contributed by atoms with Crippen molar-refractivity contribution < 1.29 is 18.0 Å². The summed E-state index contributed by atoms with van der Waals surface area (Å²) >= 11 is 10.7. The highest BCUT2D eigenvalue weighted by atomic mass is 32.2. The summed E-state index contributed by atoms with van der Waals surface area (Å²) in [5, 5.41) is 2.80. The Bertz CT molecular complexity index is 2270. The standard InChI is InChI=1S/2C15H16O.C14H14OSi.4C5H12S.2C3H8S/c2*1-15(16-2,13-9-5-3-6-10-13)14-11-7-4-8-12-14;1-15-16(2)13-9-5-3-7-11(13)12-8-4-6-10-14(12)16;4*1-5(2,3)6-4;2*1-3-4-2/h2*3-12H,1-2H3;3-10H,1-2H3;4*1-4H3;2*3H2,1-2H3/i;;;1D3;;;;;. The molecule has 0 spiro atoms. The zero-order valence-corrected chi connectivity index (χ0v) is 60.2. The van der Waals surface area contributed by atoms with E-state index in [9.17, 15) is 0 Å². The van der Waals surface area contributed by atoms with Gasteiger partial charge < -0.3 is 13.9 Å². The van der Waals surface area contributed by atoms with Crippen molar-refractivity contribution in [2.45, 2.75) is 147 Å². The smallest absolute Gasteiger partial charge is 0.253 e. The molecule has 0 aliphatic carbocycles. The average Bonchev–Trinajstić information content (AvgIpc) is 3.76. The molecule has 80 heavy (non-hydrogen) atoms. The van der Waals surface area contributed by atoms with Gasteiger partial charge in [-0.1, -0.05) is 267 Å². The van der Waals surface area contributed by atoms with Gasteiger partial charge in [0.15, 0.2) is 0 Å². The highest BCUT2D eigenvalue weighted by molar-refractivity contribution is 8.00. The Hall–Kier alpha value is -2.48. The summed E-state index contributed by atoms with van der Waals surface area (Å²) in [5.41, 5.74) is 6.65. The van der Waals surface area contributed by atoms with Gasteiger partial charge in [-0.2, -0.15) is 70.6 Å². The first-order chi connectivity index (χ1) is 38.6. The maximum absolute atomic E-state index is 7.05. The van der Waals surface area contributed by atoms with Crippen molar-refractivity contribution in [2.75, 3.05) is 70.4 Å². The molecule has 1 heterocycles. The Morgan fingerprint density at radius 1 is 0.362 bits per heavy atom. The molecule has 0 N–H and O–H groups in total. The summed E-state index contributed by atoms with van der Waals surface area (Å²) in [6, 6.07) is 58.4. The largest absolute Gasteiger partial charge is 0.411 e. The molecule has 6 aromatic carbocycles. The van der Waals surface area contributed by atoms with Gasteiger partial charge >= 0.3 is 0 Å². The number of hydrogen-bond donors (Lipinski definition) is 0. The number of hydrogen-bond acceptors (Lipinski definition) is 9. The first-order valence-electron chi connectivity index (χ1n) is 28.9. The number of methoxy groups -OCH3 is 2. The third-order valence-corrected chi connectivity index (χ3v) is 22.2. The van der Waals surface area contributed by atoms with Crippen molar-refractivity contribution in [2.24, 2.45) is 0 Å². The minimum atomic E-state index is -1.90. The van der Waals surface area contributed by atoms with Crippen LogP contribution in [0.3, 0.4) is 0 Å². The summed E-state index contributed by atoms with van der Waals surface area (Å²) in [7, 11) is 3.44. The maximum atomic E-state index is 7.05. The fraction of sp³-hybridized carbons (Fsp3) is 0.486. The zero-order chi connectivity index (χ0) is 64.2. The van der Waals surface area contributed by atoms with Gasteiger partial charge in [0.1, 0.15) is 11.2 Å². The van der Waals surface area contributed by atoms with Crippen LogP contribution in [-0.2, 0) is 25.1 Å². The van der Waals surface area contributed by atoms with E-state index in [0.717, 1.165) is 0 Å². The van der Waals surface area contributed by atoms with Crippen LogP contribution in [0.4, 0.5) is 0 Å². The van der Waals surface area contributed by atoms with Crippen molar-refractivity contribution in [1.29, 1.82) is 0 Å². The van der Waals surface area contributed by atoms with Crippen LogP contribution < -0.4 is 10.4 Å². The van der Waals surface area contributed by atoms with E-state index in [4.69, 9.17) is 18.0 Å². The molecule has 0 aromatic heterocycles. The van der Waals surface area contributed by atoms with Crippen LogP contribution in [0.5, 0.6) is 0 Å². The lowest BCUT2D eigenvalue weighted by Crippen LogP contribution is -2.54. The lowest BCUT2D eigenvalue weighted by atomic mass is 9.88. The molecular formula is C70H110O3S6Si. The van der Waals surface area contributed by atoms with Crippen LogP contribution >= 0.6 is 70.6 Å². The molecule has 0 atom stereocenters. The van der Waals surface area contributed by atoms with Gasteiger partial charge in [-0.15, -0.1) is 0 Å². The second kappa shape index (κ2) is 41.5. The van der Waals surface area contributed by atoms with Gasteiger partial charge in [-0.05, 0) is 113 Å². The van der Waals surface area contributed by atoms with E-state index in [1.165, 1.54) is 67.0 Å². The van der Waals surface area contributed by atoms with E-state index in [-0.39, 0.29) is 11.2 Å². The Morgan fingerprint density at radius 3 is 0.725 bits per heavy atom. The normalized spacial score (nSPS) is 12.7. The molecule has 0 radical (unpaired) electrons. The van der Waals surface area contributed by atoms with E-state index in [2.05, 4.69) is 225 Å². The van der Waals surface area contributed by atoms with Crippen LogP contribution in [-0.4, -0.2) is 97.7 Å². The highest BCUT2D eigenvalue weighted by Crippen LogP contribution is 2.34. The van der Waals surface area contributed by atoms with Gasteiger partial charge in [0.2, 0.25) is 0 Å². The molecule has 10 heteroatoms. The van der Waals surface area contributed by atoms with Crippen molar-refractivity contribution in [3.05, 3.63) is 192 Å². The number of rotatable bonds is 9. The minimum absolute atomic E-state index is 0.372. The van der Waals surface area contributed by atoms with Gasteiger partial charge in [0, 0.05) is 44.4 Å². The van der Waals surface area contributed by atoms with Crippen molar-refractivity contribution in [3.8, 4) is 11.1 Å². The molecule has 0 unspecified atom stereocenters. The quantitative estimate of drug-likeness (QED) is 0.131. The highest BCUT2D eigenvalue weighted by Gasteiger charge is 2.42. The molecule has 3 nitrogen and oxygen atoms in total. The predicted octanol–water partition coefficient (Wildman–Crippen LogP) is 20.5. The predicted molar refractivity (Wildman–Crippen MR) is 384 cm³/mol. The van der Waals surface area contributed by atoms with Crippen LogP contribution in [0.1, 0.15) is 137 Å². The molecule has 0 saturated heterocycles. The molecular weight excluding hydrogens is 1110 g/mol. The van der Waals surface area contributed by atoms with Gasteiger partial charge in [0.25, 0.3) is 8.32 Å². The Kier molecular flexibility index (Phi) is 38.2. The molecule has 0 bridgehead atoms. The summed E-state index contributed by atoms with van der Waals surface area (Å²) < 4.78 is 39.2. The summed E-state index contributed by atoms with van der Waals surface area (Å²) in [4.78, 5) is 0. The number of thioether (sulfide) groups is 6. The summed E-state index contributed by atoms with van der Waals surface area (Å²) in [6.07, 6.45) is 12.4. The lowest BCUT2D eigenvalue weighted by Gasteiger charge is -2.29. The van der Waals surface area contributed by atoms with Crippen LogP contribution in [0.25, 0.3) is 11.1 Å². The van der Waals surface area contributed by atoms with Crippen LogP contribution in [0.2, 0.25) is 6.55 Å². The third kappa shape index (κ3) is 32.0. The van der Waals surface area contributed by atoms with Gasteiger partial charge in [-0.3, -0.25) is 0 Å². The van der Waals surface area contributed by atoms with E-state index >= 15 is 0 Å². The summed E-state index contributed by atoms with van der Waals surface area (Å²) in [5.74, 6) is 2.47. The van der Waals surface area contributed by atoms with Gasteiger partial charge in [0.05, 0.1) is 0 Å². The molecule has 0 saturated carbocycles.